The molecular weight excluding hydrogens is 382 g/mol. The molecule has 2 atom stereocenters. The van der Waals surface area contributed by atoms with Gasteiger partial charge in [-0.05, 0) is 50.9 Å². The van der Waals surface area contributed by atoms with E-state index >= 15 is 0 Å². The number of carbonyl (C=O) groups is 3. The smallest absolute Gasteiger partial charge is 0.329 e. The van der Waals surface area contributed by atoms with Crippen LogP contribution in [0.25, 0.3) is 0 Å². The number of ketones is 1. The number of carbonyl (C=O) groups excluding carboxylic acids is 3. The van der Waals surface area contributed by atoms with E-state index in [1.54, 1.807) is 13.8 Å². The molecule has 170 valence electrons. The maximum atomic E-state index is 13.1. The van der Waals surface area contributed by atoms with Crippen LogP contribution in [0.3, 0.4) is 0 Å². The zero-order chi connectivity index (χ0) is 22.1. The van der Waals surface area contributed by atoms with Crippen LogP contribution in [0.2, 0.25) is 0 Å². The van der Waals surface area contributed by atoms with E-state index in [4.69, 9.17) is 9.47 Å². The highest BCUT2D eigenvalue weighted by atomic mass is 16.5. The van der Waals surface area contributed by atoms with Gasteiger partial charge in [0.05, 0.1) is 12.0 Å². The Balaban J connectivity index is 2.10. The van der Waals surface area contributed by atoms with Gasteiger partial charge in [0.2, 0.25) is 5.78 Å². The summed E-state index contributed by atoms with van der Waals surface area (Å²) in [5.41, 5.74) is -0.924. The molecule has 0 aromatic carbocycles. The largest absolute Gasteiger partial charge is 0.461 e. The predicted molar refractivity (Wildman–Crippen MR) is 116 cm³/mol. The summed E-state index contributed by atoms with van der Waals surface area (Å²) in [6.07, 6.45) is 11.2. The van der Waals surface area contributed by atoms with Gasteiger partial charge in [-0.3, -0.25) is 9.59 Å². The Labute approximate surface area is 181 Å². The highest BCUT2D eigenvalue weighted by molar-refractivity contribution is 6.38. The minimum Gasteiger partial charge on any atom is -0.461 e. The molecule has 1 unspecified atom stereocenters. The van der Waals surface area contributed by atoms with Crippen molar-refractivity contribution in [3.05, 3.63) is 12.7 Å². The molecule has 1 amide bonds. The second-order valence-corrected chi connectivity index (χ2v) is 9.40. The summed E-state index contributed by atoms with van der Waals surface area (Å²) in [5.74, 6) is -1.10. The molecule has 0 bridgehead atoms. The van der Waals surface area contributed by atoms with E-state index in [1.165, 1.54) is 31.3 Å². The second kappa shape index (κ2) is 11.6. The SMILES string of the molecule is C=CCC[C@@H](OC(=O)C1CCCCN1C(=O)C(=O)C(C)(C)COC)C1CCCCC1. The molecular formula is C24H39NO5. The maximum Gasteiger partial charge on any atom is 0.329 e. The zero-order valence-electron chi connectivity index (χ0n) is 19.0. The van der Waals surface area contributed by atoms with Gasteiger partial charge in [-0.1, -0.05) is 39.2 Å². The summed E-state index contributed by atoms with van der Waals surface area (Å²) in [7, 11) is 1.51. The third-order valence-electron chi connectivity index (χ3n) is 6.45. The first-order chi connectivity index (χ1) is 14.3. The molecule has 2 rings (SSSR count). The van der Waals surface area contributed by atoms with Crippen molar-refractivity contribution in [2.75, 3.05) is 20.3 Å². The molecule has 0 aromatic rings. The first kappa shape index (κ1) is 24.6. The first-order valence-electron chi connectivity index (χ1n) is 11.5. The Morgan fingerprint density at radius 2 is 1.77 bits per heavy atom. The highest BCUT2D eigenvalue weighted by Crippen LogP contribution is 2.31. The number of Topliss-reactive ketones (excluding diaryl/α,β-unsaturated/α-hetero) is 1. The third kappa shape index (κ3) is 6.40. The Bertz CT molecular complexity index is 609. The fraction of sp³-hybridized carbons (Fsp3) is 0.792. The zero-order valence-corrected chi connectivity index (χ0v) is 19.0. The van der Waals surface area contributed by atoms with Gasteiger partial charge in [0.15, 0.2) is 0 Å². The van der Waals surface area contributed by atoms with E-state index < -0.39 is 23.1 Å². The van der Waals surface area contributed by atoms with E-state index in [1.807, 2.05) is 6.08 Å². The van der Waals surface area contributed by atoms with Crippen LogP contribution in [-0.4, -0.2) is 55.0 Å². The van der Waals surface area contributed by atoms with Crippen molar-refractivity contribution in [1.82, 2.24) is 4.90 Å². The van der Waals surface area contributed by atoms with Crippen molar-refractivity contribution in [1.29, 1.82) is 0 Å². The van der Waals surface area contributed by atoms with Crippen LogP contribution in [0.5, 0.6) is 0 Å². The Kier molecular flexibility index (Phi) is 9.53. The molecule has 1 aliphatic heterocycles. The lowest BCUT2D eigenvalue weighted by Crippen LogP contribution is -2.54. The van der Waals surface area contributed by atoms with Crippen LogP contribution in [0, 0.1) is 11.3 Å². The van der Waals surface area contributed by atoms with Crippen molar-refractivity contribution in [3.63, 3.8) is 0 Å². The molecule has 1 saturated carbocycles. The van der Waals surface area contributed by atoms with Crippen molar-refractivity contribution in [2.45, 2.75) is 90.2 Å². The summed E-state index contributed by atoms with van der Waals surface area (Å²) >= 11 is 0. The first-order valence-corrected chi connectivity index (χ1v) is 11.5. The molecule has 1 saturated heterocycles. The number of ether oxygens (including phenoxy) is 2. The van der Waals surface area contributed by atoms with E-state index in [-0.39, 0.29) is 18.7 Å². The molecule has 1 heterocycles. The van der Waals surface area contributed by atoms with E-state index in [2.05, 4.69) is 6.58 Å². The average Bonchev–Trinajstić information content (AvgIpc) is 2.76. The predicted octanol–water partition coefficient (Wildman–Crippen LogP) is 4.07. The number of likely N-dealkylation sites (tertiary alicyclic amines) is 1. The summed E-state index contributed by atoms with van der Waals surface area (Å²) in [5, 5.41) is 0. The van der Waals surface area contributed by atoms with Crippen LogP contribution < -0.4 is 0 Å². The van der Waals surface area contributed by atoms with Gasteiger partial charge in [-0.15, -0.1) is 6.58 Å². The quantitative estimate of drug-likeness (QED) is 0.302. The second-order valence-electron chi connectivity index (χ2n) is 9.40. The number of piperidine rings is 1. The summed E-state index contributed by atoms with van der Waals surface area (Å²) in [6.45, 7) is 7.76. The normalized spacial score (nSPS) is 21.7. The van der Waals surface area contributed by atoms with Crippen LogP contribution in [0.15, 0.2) is 12.7 Å². The van der Waals surface area contributed by atoms with E-state index in [0.29, 0.717) is 18.9 Å². The number of hydrogen-bond acceptors (Lipinski definition) is 5. The lowest BCUT2D eigenvalue weighted by molar-refractivity contribution is -0.167. The lowest BCUT2D eigenvalue weighted by atomic mass is 9.83. The van der Waals surface area contributed by atoms with Crippen molar-refractivity contribution < 1.29 is 23.9 Å². The summed E-state index contributed by atoms with van der Waals surface area (Å²) < 4.78 is 11.1. The van der Waals surface area contributed by atoms with Crippen LogP contribution >= 0.6 is 0 Å². The van der Waals surface area contributed by atoms with Gasteiger partial charge < -0.3 is 14.4 Å². The van der Waals surface area contributed by atoms with Gasteiger partial charge in [-0.2, -0.15) is 0 Å². The monoisotopic (exact) mass is 421 g/mol. The maximum absolute atomic E-state index is 13.1. The van der Waals surface area contributed by atoms with E-state index in [0.717, 1.165) is 38.5 Å². The third-order valence-corrected chi connectivity index (χ3v) is 6.45. The fourth-order valence-corrected chi connectivity index (χ4v) is 4.67. The number of nitrogens with zero attached hydrogens (tertiary/aromatic N) is 1. The molecule has 2 aliphatic rings. The molecule has 6 nitrogen and oxygen atoms in total. The number of esters is 1. The minimum atomic E-state index is -0.924. The standard InChI is InChI=1S/C24H39NO5/c1-5-6-15-20(18-12-8-7-9-13-18)30-23(28)19-14-10-11-16-25(19)22(27)21(26)24(2,3)17-29-4/h5,18-20H,1,6-17H2,2-4H3/t19?,20-/m1/s1. The van der Waals surface area contributed by atoms with Crippen molar-refractivity contribution >= 4 is 17.7 Å². The van der Waals surface area contributed by atoms with Gasteiger partial charge in [0, 0.05) is 13.7 Å². The molecule has 2 fully saturated rings. The van der Waals surface area contributed by atoms with Crippen LogP contribution in [0.4, 0.5) is 0 Å². The van der Waals surface area contributed by atoms with Crippen molar-refractivity contribution in [2.24, 2.45) is 11.3 Å². The fourth-order valence-electron chi connectivity index (χ4n) is 4.67. The van der Waals surface area contributed by atoms with Gasteiger partial charge in [0.1, 0.15) is 12.1 Å². The van der Waals surface area contributed by atoms with Gasteiger partial charge >= 0.3 is 5.97 Å². The Morgan fingerprint density at radius 1 is 1.10 bits per heavy atom. The Hall–Kier alpha value is -1.69. The van der Waals surface area contributed by atoms with Gasteiger partial charge in [0.25, 0.3) is 5.91 Å². The molecule has 0 radical (unpaired) electrons. The van der Waals surface area contributed by atoms with Crippen LogP contribution in [0.1, 0.15) is 78.1 Å². The number of methoxy groups -OCH3 is 1. The molecule has 6 heteroatoms. The minimum absolute atomic E-state index is 0.143. The molecule has 0 spiro atoms. The Morgan fingerprint density at radius 3 is 2.40 bits per heavy atom. The van der Waals surface area contributed by atoms with Crippen molar-refractivity contribution in [3.8, 4) is 0 Å². The molecule has 1 aliphatic carbocycles. The number of rotatable bonds is 10. The molecule has 0 N–H and O–H groups in total. The lowest BCUT2D eigenvalue weighted by Gasteiger charge is -2.37. The molecule has 30 heavy (non-hydrogen) atoms. The topological polar surface area (TPSA) is 72.9 Å². The number of allylic oxidation sites excluding steroid dienone is 1. The van der Waals surface area contributed by atoms with E-state index in [9.17, 15) is 14.4 Å². The number of hydrogen-bond donors (Lipinski definition) is 0. The molecule has 0 aromatic heterocycles. The average molecular weight is 422 g/mol. The number of amides is 1. The van der Waals surface area contributed by atoms with Crippen LogP contribution in [-0.2, 0) is 23.9 Å². The summed E-state index contributed by atoms with van der Waals surface area (Å²) in [4.78, 5) is 40.4. The van der Waals surface area contributed by atoms with Gasteiger partial charge in [-0.25, -0.2) is 4.79 Å². The summed E-state index contributed by atoms with van der Waals surface area (Å²) in [6, 6.07) is -0.677. The highest BCUT2D eigenvalue weighted by Gasteiger charge is 2.42.